The molecular formula is C13H14F3N3O3S. The number of hydrogen-bond donors (Lipinski definition) is 2. The molecule has 0 spiro atoms. The molecule has 23 heavy (non-hydrogen) atoms. The molecule has 0 aliphatic carbocycles. The first-order valence-corrected chi connectivity index (χ1v) is 8.06. The molecule has 2 aromatic rings. The summed E-state index contributed by atoms with van der Waals surface area (Å²) in [4.78, 5) is 6.83. The second kappa shape index (κ2) is 7.01. The van der Waals surface area contributed by atoms with E-state index in [9.17, 15) is 21.6 Å². The number of aromatic nitrogens is 2. The smallest absolute Gasteiger partial charge is 0.493 e. The predicted octanol–water partition coefficient (Wildman–Crippen LogP) is 2.28. The van der Waals surface area contributed by atoms with Crippen molar-refractivity contribution in [2.24, 2.45) is 0 Å². The van der Waals surface area contributed by atoms with E-state index >= 15 is 0 Å². The van der Waals surface area contributed by atoms with Crippen LogP contribution in [0.3, 0.4) is 0 Å². The van der Waals surface area contributed by atoms with E-state index in [1.165, 1.54) is 11.0 Å². The molecule has 0 aliphatic heterocycles. The third-order valence-electron chi connectivity index (χ3n) is 2.85. The van der Waals surface area contributed by atoms with Crippen molar-refractivity contribution in [1.29, 1.82) is 0 Å². The van der Waals surface area contributed by atoms with Gasteiger partial charge in [-0.05, 0) is 18.6 Å². The monoisotopic (exact) mass is 349 g/mol. The lowest BCUT2D eigenvalue weighted by Crippen LogP contribution is -2.37. The van der Waals surface area contributed by atoms with Crippen molar-refractivity contribution in [3.05, 3.63) is 36.8 Å². The molecule has 0 amide bonds. The molecule has 2 rings (SSSR count). The minimum Gasteiger partial charge on any atom is -0.493 e. The predicted molar refractivity (Wildman–Crippen MR) is 77.1 cm³/mol. The van der Waals surface area contributed by atoms with E-state index in [0.29, 0.717) is 5.75 Å². The molecule has 0 saturated carbocycles. The Labute approximate surface area is 130 Å². The number of para-hydroxylation sites is 1. The molecule has 0 radical (unpaired) electrons. The van der Waals surface area contributed by atoms with Gasteiger partial charge in [-0.2, -0.15) is 13.2 Å². The van der Waals surface area contributed by atoms with Gasteiger partial charge in [-0.25, -0.2) is 18.1 Å². The zero-order valence-electron chi connectivity index (χ0n) is 11.8. The van der Waals surface area contributed by atoms with E-state index in [-0.39, 0.29) is 19.6 Å². The minimum absolute atomic E-state index is 0.0610. The summed E-state index contributed by atoms with van der Waals surface area (Å²) in [5.41, 5.74) is -3.82. The van der Waals surface area contributed by atoms with Crippen LogP contribution >= 0.6 is 0 Å². The number of nitrogens with one attached hydrogen (secondary N) is 2. The molecule has 126 valence electrons. The Kier molecular flexibility index (Phi) is 5.26. The Hall–Kier alpha value is -2.07. The molecular weight excluding hydrogens is 335 g/mol. The molecule has 0 atom stereocenters. The Morgan fingerprint density at radius 2 is 2.00 bits per heavy atom. The van der Waals surface area contributed by atoms with Crippen molar-refractivity contribution < 1.29 is 26.3 Å². The van der Waals surface area contributed by atoms with Crippen LogP contribution in [0.4, 0.5) is 13.2 Å². The molecule has 1 aromatic carbocycles. The van der Waals surface area contributed by atoms with Crippen LogP contribution in [0.25, 0.3) is 11.3 Å². The van der Waals surface area contributed by atoms with E-state index in [0.717, 1.165) is 11.3 Å². The number of alkyl halides is 3. The highest BCUT2D eigenvalue weighted by atomic mass is 32.2. The van der Waals surface area contributed by atoms with E-state index in [1.807, 2.05) is 0 Å². The van der Waals surface area contributed by atoms with Crippen molar-refractivity contribution in [3.8, 4) is 17.0 Å². The number of H-pyrrole nitrogens is 1. The van der Waals surface area contributed by atoms with Gasteiger partial charge in [0.25, 0.3) is 0 Å². The third-order valence-corrected chi connectivity index (χ3v) is 4.04. The standard InChI is InChI=1S/C13H14F3N3O3S/c14-13(15,16)23(20,21)19-6-3-7-22-12-5-2-1-4-10(12)11-8-17-9-18-11/h1-2,4-5,8-9,19H,3,6-7H2,(H,17,18). The highest BCUT2D eigenvalue weighted by Gasteiger charge is 2.45. The number of sulfonamides is 1. The fourth-order valence-electron chi connectivity index (χ4n) is 1.76. The summed E-state index contributed by atoms with van der Waals surface area (Å²) in [5, 5.41) is 0. The Bertz CT molecular complexity index is 730. The highest BCUT2D eigenvalue weighted by Crippen LogP contribution is 2.27. The summed E-state index contributed by atoms with van der Waals surface area (Å²) < 4.78 is 65.0. The average molecular weight is 349 g/mol. The van der Waals surface area contributed by atoms with Crippen molar-refractivity contribution >= 4 is 10.0 Å². The van der Waals surface area contributed by atoms with Crippen LogP contribution in [-0.4, -0.2) is 37.0 Å². The molecule has 1 aromatic heterocycles. The van der Waals surface area contributed by atoms with E-state index in [1.54, 1.807) is 30.5 Å². The molecule has 0 aliphatic rings. The summed E-state index contributed by atoms with van der Waals surface area (Å²) in [6, 6.07) is 7.06. The SMILES string of the molecule is O=S(=O)(NCCCOc1ccccc1-c1cnc[nH]1)C(F)(F)F. The maximum atomic E-state index is 12.1. The molecule has 0 bridgehead atoms. The first-order chi connectivity index (χ1) is 10.8. The number of hydrogen-bond acceptors (Lipinski definition) is 4. The zero-order chi connectivity index (χ0) is 16.9. The first kappa shape index (κ1) is 17.3. The lowest BCUT2D eigenvalue weighted by atomic mass is 10.1. The summed E-state index contributed by atoms with van der Waals surface area (Å²) in [6.45, 7) is -0.306. The van der Waals surface area contributed by atoms with E-state index in [2.05, 4.69) is 9.97 Å². The summed E-state index contributed by atoms with van der Waals surface area (Å²) in [5.74, 6) is 0.524. The van der Waals surface area contributed by atoms with Crippen LogP contribution in [0.2, 0.25) is 0 Å². The largest absolute Gasteiger partial charge is 0.511 e. The zero-order valence-corrected chi connectivity index (χ0v) is 12.6. The fourth-order valence-corrected chi connectivity index (χ4v) is 2.34. The maximum Gasteiger partial charge on any atom is 0.511 e. The first-order valence-electron chi connectivity index (χ1n) is 6.58. The van der Waals surface area contributed by atoms with Gasteiger partial charge in [-0.1, -0.05) is 12.1 Å². The number of nitrogens with zero attached hydrogens (tertiary/aromatic N) is 1. The Morgan fingerprint density at radius 3 is 2.65 bits per heavy atom. The Morgan fingerprint density at radius 1 is 1.26 bits per heavy atom. The molecule has 0 unspecified atom stereocenters. The van der Waals surface area contributed by atoms with Gasteiger partial charge in [0, 0.05) is 12.1 Å². The molecule has 6 nitrogen and oxygen atoms in total. The lowest BCUT2D eigenvalue weighted by Gasteiger charge is -2.11. The summed E-state index contributed by atoms with van der Waals surface area (Å²) in [7, 11) is -5.31. The molecule has 1 heterocycles. The van der Waals surface area contributed by atoms with Gasteiger partial charge >= 0.3 is 15.5 Å². The second-order valence-corrected chi connectivity index (χ2v) is 6.27. The van der Waals surface area contributed by atoms with Crippen LogP contribution in [-0.2, 0) is 10.0 Å². The van der Waals surface area contributed by atoms with Crippen LogP contribution in [0.15, 0.2) is 36.8 Å². The average Bonchev–Trinajstić information content (AvgIpc) is 3.00. The molecule has 2 N–H and O–H groups in total. The van der Waals surface area contributed by atoms with Crippen molar-refractivity contribution in [2.75, 3.05) is 13.2 Å². The van der Waals surface area contributed by atoms with Gasteiger partial charge in [0.2, 0.25) is 0 Å². The normalized spacial score (nSPS) is 12.3. The van der Waals surface area contributed by atoms with Crippen LogP contribution < -0.4 is 9.46 Å². The van der Waals surface area contributed by atoms with Crippen molar-refractivity contribution in [2.45, 2.75) is 11.9 Å². The van der Waals surface area contributed by atoms with Gasteiger partial charge < -0.3 is 9.72 Å². The number of benzene rings is 1. The number of rotatable bonds is 7. The van der Waals surface area contributed by atoms with Gasteiger partial charge in [0.15, 0.2) is 0 Å². The highest BCUT2D eigenvalue weighted by molar-refractivity contribution is 7.90. The van der Waals surface area contributed by atoms with Gasteiger partial charge in [-0.15, -0.1) is 0 Å². The molecule has 10 heteroatoms. The fraction of sp³-hybridized carbons (Fsp3) is 0.308. The molecule has 0 fully saturated rings. The van der Waals surface area contributed by atoms with E-state index in [4.69, 9.17) is 4.74 Å². The van der Waals surface area contributed by atoms with Crippen LogP contribution in [0, 0.1) is 0 Å². The van der Waals surface area contributed by atoms with Gasteiger partial charge in [-0.3, -0.25) is 0 Å². The van der Waals surface area contributed by atoms with Crippen molar-refractivity contribution in [3.63, 3.8) is 0 Å². The maximum absolute atomic E-state index is 12.1. The van der Waals surface area contributed by atoms with Crippen LogP contribution in [0.5, 0.6) is 5.75 Å². The topological polar surface area (TPSA) is 84.1 Å². The third kappa shape index (κ3) is 4.45. The summed E-state index contributed by atoms with van der Waals surface area (Å²) >= 11 is 0. The van der Waals surface area contributed by atoms with Gasteiger partial charge in [0.1, 0.15) is 5.75 Å². The van der Waals surface area contributed by atoms with Crippen LogP contribution in [0.1, 0.15) is 6.42 Å². The minimum atomic E-state index is -5.31. The second-order valence-electron chi connectivity index (χ2n) is 4.51. The number of halogens is 3. The number of ether oxygens (including phenoxy) is 1. The van der Waals surface area contributed by atoms with E-state index < -0.39 is 15.5 Å². The Balaban J connectivity index is 1.87. The number of aromatic amines is 1. The number of imidazole rings is 1. The quantitative estimate of drug-likeness (QED) is 0.751. The summed E-state index contributed by atoms with van der Waals surface area (Å²) in [6.07, 6.45) is 3.21. The lowest BCUT2D eigenvalue weighted by molar-refractivity contribution is -0.0447. The van der Waals surface area contributed by atoms with Crippen molar-refractivity contribution in [1.82, 2.24) is 14.7 Å². The molecule has 0 saturated heterocycles. The van der Waals surface area contributed by atoms with Gasteiger partial charge in [0.05, 0.1) is 24.8 Å².